The summed E-state index contributed by atoms with van der Waals surface area (Å²) in [4.78, 5) is 14.3. The lowest BCUT2D eigenvalue weighted by Gasteiger charge is -2.17. The van der Waals surface area contributed by atoms with Crippen molar-refractivity contribution in [3.8, 4) is 11.8 Å². The summed E-state index contributed by atoms with van der Waals surface area (Å²) in [6, 6.07) is 5.94. The Morgan fingerprint density at radius 1 is 1.28 bits per heavy atom. The molecule has 0 bridgehead atoms. The molecule has 174 valence electrons. The van der Waals surface area contributed by atoms with Gasteiger partial charge in [-0.3, -0.25) is 4.79 Å². The molecule has 1 aliphatic heterocycles. The summed E-state index contributed by atoms with van der Waals surface area (Å²) >= 11 is 2.87. The van der Waals surface area contributed by atoms with Crippen LogP contribution < -0.4 is 4.74 Å². The highest BCUT2D eigenvalue weighted by Gasteiger charge is 2.28. The van der Waals surface area contributed by atoms with E-state index in [1.54, 1.807) is 13.8 Å². The van der Waals surface area contributed by atoms with E-state index in [1.807, 2.05) is 19.1 Å². The Bertz CT molecular complexity index is 925. The number of ether oxygens (including phenoxy) is 2. The van der Waals surface area contributed by atoms with Crippen molar-refractivity contribution < 1.29 is 19.4 Å². The first-order valence-electron chi connectivity index (χ1n) is 10.9. The fourth-order valence-electron chi connectivity index (χ4n) is 3.15. The van der Waals surface area contributed by atoms with Crippen LogP contribution in [0.4, 0.5) is 0 Å². The lowest BCUT2D eigenvalue weighted by atomic mass is 10.0. The van der Waals surface area contributed by atoms with Crippen molar-refractivity contribution in [3.63, 3.8) is 0 Å². The number of hydrogen-bond donors (Lipinski definition) is 1. The topological polar surface area (TPSA) is 79.6 Å². The molecule has 1 aromatic rings. The first-order valence-corrected chi connectivity index (χ1v) is 12.6. The standard InChI is InChI=1S/C25H33NO4S2/c1-7-8-16(2)9-12-21(27)30-20-11-10-17(3)22-23(20)32-24(31-22)19(15-26)18(4)29-14-13-25(5,6)28/h10-11,16,28H,4,7-9,12-14H2,1-3,5-6H3/b24-19-. The number of aryl methyl sites for hydroxylation is 1. The number of esters is 1. The molecular weight excluding hydrogens is 442 g/mol. The molecule has 0 amide bonds. The maximum Gasteiger partial charge on any atom is 0.311 e. The molecule has 1 aliphatic rings. The Labute approximate surface area is 200 Å². The second-order valence-corrected chi connectivity index (χ2v) is 11.1. The van der Waals surface area contributed by atoms with Gasteiger partial charge in [-0.2, -0.15) is 5.26 Å². The Morgan fingerprint density at radius 3 is 2.59 bits per heavy atom. The van der Waals surface area contributed by atoms with Gasteiger partial charge in [-0.05, 0) is 44.7 Å². The van der Waals surface area contributed by atoms with Gasteiger partial charge in [0.05, 0.1) is 21.3 Å². The van der Waals surface area contributed by atoms with Crippen LogP contribution in [0.5, 0.6) is 5.75 Å². The van der Waals surface area contributed by atoms with E-state index < -0.39 is 5.60 Å². The van der Waals surface area contributed by atoms with Gasteiger partial charge in [-0.15, -0.1) is 0 Å². The van der Waals surface area contributed by atoms with Crippen molar-refractivity contribution in [1.82, 2.24) is 0 Å². The summed E-state index contributed by atoms with van der Waals surface area (Å²) < 4.78 is 12.1. The minimum atomic E-state index is -0.850. The van der Waals surface area contributed by atoms with Gasteiger partial charge < -0.3 is 14.6 Å². The van der Waals surface area contributed by atoms with Crippen molar-refractivity contribution in [2.24, 2.45) is 5.92 Å². The fourth-order valence-corrected chi connectivity index (χ4v) is 5.85. The van der Waals surface area contributed by atoms with E-state index in [0.29, 0.717) is 30.1 Å². The number of carbonyl (C=O) groups excluding carboxylic acids is 1. The molecule has 1 atom stereocenters. The van der Waals surface area contributed by atoms with Gasteiger partial charge in [-0.1, -0.05) is 62.9 Å². The number of nitrogens with zero attached hydrogens (tertiary/aromatic N) is 1. The first-order chi connectivity index (χ1) is 15.1. The second kappa shape index (κ2) is 11.8. The maximum absolute atomic E-state index is 12.4. The summed E-state index contributed by atoms with van der Waals surface area (Å²) in [5.74, 6) is 1.07. The molecule has 7 heteroatoms. The highest BCUT2D eigenvalue weighted by molar-refractivity contribution is 8.24. The van der Waals surface area contributed by atoms with Crippen LogP contribution in [-0.4, -0.2) is 23.3 Å². The molecule has 1 aromatic carbocycles. The van der Waals surface area contributed by atoms with E-state index >= 15 is 0 Å². The molecule has 0 radical (unpaired) electrons. The van der Waals surface area contributed by atoms with Gasteiger partial charge in [0.25, 0.3) is 0 Å². The average molecular weight is 476 g/mol. The number of benzene rings is 1. The molecule has 1 N–H and O–H groups in total. The predicted molar refractivity (Wildman–Crippen MR) is 130 cm³/mol. The van der Waals surface area contributed by atoms with Gasteiger partial charge in [0, 0.05) is 17.7 Å². The lowest BCUT2D eigenvalue weighted by Crippen LogP contribution is -2.20. The number of nitriles is 1. The predicted octanol–water partition coefficient (Wildman–Crippen LogP) is 6.74. The molecule has 0 aromatic heterocycles. The SMILES string of the molecule is C=C(OCCC(C)(C)O)/C(C#N)=C1/Sc2c(C)ccc(OC(=O)CCC(C)CCC)c2S1. The number of fused-ring (bicyclic) bond motifs is 1. The zero-order valence-electron chi connectivity index (χ0n) is 19.6. The number of carbonyl (C=O) groups is 1. The number of thioether (sulfide) groups is 2. The highest BCUT2D eigenvalue weighted by Crippen LogP contribution is 2.57. The molecule has 0 saturated heterocycles. The van der Waals surface area contributed by atoms with E-state index in [-0.39, 0.29) is 18.3 Å². The number of allylic oxidation sites excluding steroid dienone is 1. The van der Waals surface area contributed by atoms with Gasteiger partial charge in [0.15, 0.2) is 0 Å². The van der Waals surface area contributed by atoms with Crippen molar-refractivity contribution in [2.75, 3.05) is 6.61 Å². The van der Waals surface area contributed by atoms with E-state index in [1.165, 1.54) is 23.5 Å². The molecule has 0 saturated carbocycles. The maximum atomic E-state index is 12.4. The van der Waals surface area contributed by atoms with Crippen LogP contribution in [0.2, 0.25) is 0 Å². The largest absolute Gasteiger partial charge is 0.493 e. The Morgan fingerprint density at radius 2 is 1.97 bits per heavy atom. The third kappa shape index (κ3) is 7.61. The first kappa shape index (κ1) is 26.4. The highest BCUT2D eigenvalue weighted by atomic mass is 32.2. The molecule has 2 rings (SSSR count). The molecule has 0 spiro atoms. The van der Waals surface area contributed by atoms with Crippen LogP contribution in [0, 0.1) is 24.2 Å². The van der Waals surface area contributed by atoms with E-state index in [2.05, 4.69) is 26.5 Å². The molecule has 32 heavy (non-hydrogen) atoms. The summed E-state index contributed by atoms with van der Waals surface area (Å²) in [5.41, 5.74) is 0.559. The van der Waals surface area contributed by atoms with Crippen LogP contribution >= 0.6 is 23.5 Å². The normalized spacial score (nSPS) is 15.5. The zero-order valence-corrected chi connectivity index (χ0v) is 21.3. The Kier molecular flexibility index (Phi) is 9.75. The van der Waals surface area contributed by atoms with Gasteiger partial charge in [0.1, 0.15) is 23.2 Å². The van der Waals surface area contributed by atoms with Crippen LogP contribution in [0.1, 0.15) is 65.4 Å². The molecule has 1 heterocycles. The monoisotopic (exact) mass is 475 g/mol. The molecular formula is C25H33NO4S2. The molecule has 1 unspecified atom stereocenters. The number of rotatable bonds is 11. The smallest absolute Gasteiger partial charge is 0.311 e. The Hall–Kier alpha value is -1.88. The van der Waals surface area contributed by atoms with Crippen LogP contribution in [0.3, 0.4) is 0 Å². The Balaban J connectivity index is 2.14. The zero-order chi connectivity index (χ0) is 23.9. The summed E-state index contributed by atoms with van der Waals surface area (Å²) in [7, 11) is 0. The van der Waals surface area contributed by atoms with Crippen molar-refractivity contribution >= 4 is 29.5 Å². The summed E-state index contributed by atoms with van der Waals surface area (Å²) in [6.45, 7) is 13.9. The van der Waals surface area contributed by atoms with Gasteiger partial charge >= 0.3 is 5.97 Å². The third-order valence-electron chi connectivity index (χ3n) is 5.09. The molecule has 5 nitrogen and oxygen atoms in total. The quantitative estimate of drug-likeness (QED) is 0.164. The summed E-state index contributed by atoms with van der Waals surface area (Å²) in [5, 5.41) is 19.6. The third-order valence-corrected chi connectivity index (χ3v) is 7.84. The lowest BCUT2D eigenvalue weighted by molar-refractivity contribution is -0.134. The van der Waals surface area contributed by atoms with Crippen LogP contribution in [0.25, 0.3) is 0 Å². The van der Waals surface area contributed by atoms with Gasteiger partial charge in [-0.25, -0.2) is 0 Å². The van der Waals surface area contributed by atoms with Crippen molar-refractivity contribution in [1.29, 1.82) is 5.26 Å². The van der Waals surface area contributed by atoms with Crippen LogP contribution in [0.15, 0.2) is 44.1 Å². The average Bonchev–Trinajstić information content (AvgIpc) is 3.14. The molecule has 0 aliphatic carbocycles. The minimum absolute atomic E-state index is 0.234. The van der Waals surface area contributed by atoms with Gasteiger partial charge in [0.2, 0.25) is 0 Å². The van der Waals surface area contributed by atoms with E-state index in [9.17, 15) is 15.2 Å². The number of hydrogen-bond acceptors (Lipinski definition) is 7. The minimum Gasteiger partial charge on any atom is -0.493 e. The van der Waals surface area contributed by atoms with Crippen LogP contribution in [-0.2, 0) is 9.53 Å². The molecule has 0 fully saturated rings. The fraction of sp³-hybridized carbons (Fsp3) is 0.520. The van der Waals surface area contributed by atoms with Crippen molar-refractivity contribution in [2.45, 2.75) is 82.1 Å². The van der Waals surface area contributed by atoms with Crippen molar-refractivity contribution in [3.05, 3.63) is 39.8 Å². The summed E-state index contributed by atoms with van der Waals surface area (Å²) in [6.07, 6.45) is 3.84. The van der Waals surface area contributed by atoms with E-state index in [4.69, 9.17) is 9.47 Å². The number of aliphatic hydroxyl groups is 1. The van der Waals surface area contributed by atoms with E-state index in [0.717, 1.165) is 38.9 Å². The second-order valence-electron chi connectivity index (χ2n) is 8.76.